The summed E-state index contributed by atoms with van der Waals surface area (Å²) in [6.45, 7) is 1.39. The minimum Gasteiger partial charge on any atom is -0.444 e. The first kappa shape index (κ1) is 19.0. The van der Waals surface area contributed by atoms with E-state index in [0.29, 0.717) is 35.1 Å². The summed E-state index contributed by atoms with van der Waals surface area (Å²) in [5.74, 6) is 0.607. The lowest BCUT2D eigenvalue weighted by Crippen LogP contribution is -2.39. The molecule has 1 aromatic carbocycles. The van der Waals surface area contributed by atoms with E-state index >= 15 is 0 Å². The summed E-state index contributed by atoms with van der Waals surface area (Å²) in [5, 5.41) is 2.95. The number of carbonyl (C=O) groups is 2. The van der Waals surface area contributed by atoms with Crippen LogP contribution in [0, 0.1) is 0 Å². The lowest BCUT2D eigenvalue weighted by Gasteiger charge is -2.27. The average Bonchev–Trinajstić information content (AvgIpc) is 3.45. The van der Waals surface area contributed by atoms with Gasteiger partial charge in [0.2, 0.25) is 11.8 Å². The molecule has 4 heterocycles. The maximum absolute atomic E-state index is 13.5. The van der Waals surface area contributed by atoms with Crippen LogP contribution in [0.15, 0.2) is 41.1 Å². The minimum atomic E-state index is -0.660. The number of primary amides is 1. The standard InChI is InChI=1S/C21H21N7O3/c1-23-21-24-9-15-18(26-21)27-7-3-6-14(27)10-28(20(15)30)13-5-2-4-12(8-13)19-25-16(11-31-19)17(22)29/h2,4-5,8-9,11,14H,3,6-7,10H2,1H3,(H2,22,29)(H,23,24,26). The van der Waals surface area contributed by atoms with Gasteiger partial charge in [0.1, 0.15) is 17.6 Å². The monoisotopic (exact) mass is 419 g/mol. The normalized spacial score (nSPS) is 17.8. The second-order valence-electron chi connectivity index (χ2n) is 7.54. The molecule has 5 rings (SSSR count). The van der Waals surface area contributed by atoms with Crippen LogP contribution < -0.4 is 20.9 Å². The first-order chi connectivity index (χ1) is 15.0. The van der Waals surface area contributed by atoms with Gasteiger partial charge in [-0.3, -0.25) is 9.59 Å². The van der Waals surface area contributed by atoms with Gasteiger partial charge in [-0.15, -0.1) is 0 Å². The fraction of sp³-hybridized carbons (Fsp3) is 0.286. The Morgan fingerprint density at radius 3 is 2.97 bits per heavy atom. The van der Waals surface area contributed by atoms with E-state index in [9.17, 15) is 9.59 Å². The molecule has 3 aromatic rings. The Hall–Kier alpha value is -3.95. The van der Waals surface area contributed by atoms with E-state index < -0.39 is 5.91 Å². The van der Waals surface area contributed by atoms with Crippen molar-refractivity contribution in [2.45, 2.75) is 18.9 Å². The molecule has 2 amide bonds. The van der Waals surface area contributed by atoms with Crippen LogP contribution in [0.1, 0.15) is 33.7 Å². The summed E-state index contributed by atoms with van der Waals surface area (Å²) >= 11 is 0. The molecule has 1 fully saturated rings. The van der Waals surface area contributed by atoms with Crippen LogP contribution in [-0.2, 0) is 0 Å². The van der Waals surface area contributed by atoms with Gasteiger partial charge in [-0.2, -0.15) is 4.98 Å². The number of rotatable bonds is 4. The smallest absolute Gasteiger partial charge is 0.270 e. The Balaban J connectivity index is 1.55. The fourth-order valence-corrected chi connectivity index (χ4v) is 4.16. The molecule has 1 unspecified atom stereocenters. The number of anilines is 3. The minimum absolute atomic E-state index is 0.0549. The maximum atomic E-state index is 13.5. The van der Waals surface area contributed by atoms with Gasteiger partial charge < -0.3 is 25.3 Å². The number of hydrogen-bond donors (Lipinski definition) is 2. The zero-order valence-electron chi connectivity index (χ0n) is 16.9. The van der Waals surface area contributed by atoms with E-state index in [-0.39, 0.29) is 23.5 Å². The zero-order valence-corrected chi connectivity index (χ0v) is 16.9. The number of nitrogens with two attached hydrogens (primary N) is 1. The highest BCUT2D eigenvalue weighted by atomic mass is 16.3. The molecule has 158 valence electrons. The molecule has 0 saturated carbocycles. The lowest BCUT2D eigenvalue weighted by atomic mass is 10.1. The van der Waals surface area contributed by atoms with Gasteiger partial charge in [0.25, 0.3) is 11.8 Å². The predicted molar refractivity (Wildman–Crippen MR) is 114 cm³/mol. The largest absolute Gasteiger partial charge is 0.444 e. The number of hydrogen-bond acceptors (Lipinski definition) is 8. The van der Waals surface area contributed by atoms with Gasteiger partial charge in [-0.05, 0) is 31.0 Å². The van der Waals surface area contributed by atoms with Crippen LogP contribution in [0.4, 0.5) is 17.5 Å². The number of nitrogens with one attached hydrogen (secondary N) is 1. The van der Waals surface area contributed by atoms with E-state index in [4.69, 9.17) is 10.2 Å². The first-order valence-corrected chi connectivity index (χ1v) is 10.0. The van der Waals surface area contributed by atoms with Crippen molar-refractivity contribution in [1.82, 2.24) is 15.0 Å². The molecule has 0 spiro atoms. The summed E-state index contributed by atoms with van der Waals surface area (Å²) in [6.07, 6.45) is 4.83. The Morgan fingerprint density at radius 1 is 1.32 bits per heavy atom. The molecule has 0 radical (unpaired) electrons. The zero-order chi connectivity index (χ0) is 21.5. The number of benzene rings is 1. The van der Waals surface area contributed by atoms with E-state index in [1.165, 1.54) is 6.26 Å². The van der Waals surface area contributed by atoms with Gasteiger partial charge in [-0.1, -0.05) is 6.07 Å². The summed E-state index contributed by atoms with van der Waals surface area (Å²) in [5.41, 5.74) is 7.15. The third kappa shape index (κ3) is 3.25. The molecule has 3 N–H and O–H groups in total. The van der Waals surface area contributed by atoms with E-state index in [0.717, 1.165) is 19.4 Å². The Labute approximate surface area is 178 Å². The molecule has 1 saturated heterocycles. The third-order valence-corrected chi connectivity index (χ3v) is 5.67. The van der Waals surface area contributed by atoms with Crippen molar-refractivity contribution in [3.63, 3.8) is 0 Å². The summed E-state index contributed by atoms with van der Waals surface area (Å²) in [7, 11) is 1.76. The third-order valence-electron chi connectivity index (χ3n) is 5.67. The van der Waals surface area contributed by atoms with Crippen LogP contribution in [0.5, 0.6) is 0 Å². The molecule has 31 heavy (non-hydrogen) atoms. The number of oxazole rings is 1. The fourth-order valence-electron chi connectivity index (χ4n) is 4.16. The molecule has 10 nitrogen and oxygen atoms in total. The van der Waals surface area contributed by atoms with Crippen LogP contribution in [0.2, 0.25) is 0 Å². The number of amides is 2. The molecule has 2 aliphatic rings. The second-order valence-corrected chi connectivity index (χ2v) is 7.54. The van der Waals surface area contributed by atoms with Crippen molar-refractivity contribution >= 4 is 29.3 Å². The van der Waals surface area contributed by atoms with Crippen molar-refractivity contribution in [1.29, 1.82) is 0 Å². The van der Waals surface area contributed by atoms with E-state index in [1.807, 2.05) is 18.2 Å². The molecule has 1 atom stereocenters. The summed E-state index contributed by atoms with van der Waals surface area (Å²) in [6, 6.07) is 7.48. The molecular weight excluding hydrogens is 398 g/mol. The quantitative estimate of drug-likeness (QED) is 0.656. The highest BCUT2D eigenvalue weighted by Crippen LogP contribution is 2.35. The Kier molecular flexibility index (Phi) is 4.54. The highest BCUT2D eigenvalue weighted by molar-refractivity contribution is 6.10. The number of nitrogens with zero attached hydrogens (tertiary/aromatic N) is 5. The van der Waals surface area contributed by atoms with Gasteiger partial charge >= 0.3 is 0 Å². The highest BCUT2D eigenvalue weighted by Gasteiger charge is 2.37. The van der Waals surface area contributed by atoms with Gasteiger partial charge in [0.15, 0.2) is 5.69 Å². The van der Waals surface area contributed by atoms with Crippen molar-refractivity contribution in [2.24, 2.45) is 5.73 Å². The first-order valence-electron chi connectivity index (χ1n) is 10.0. The van der Waals surface area contributed by atoms with Crippen molar-refractivity contribution < 1.29 is 14.0 Å². The molecule has 0 aliphatic carbocycles. The van der Waals surface area contributed by atoms with Crippen LogP contribution in [-0.4, -0.2) is 52.9 Å². The van der Waals surface area contributed by atoms with Gasteiger partial charge in [0, 0.05) is 43.6 Å². The summed E-state index contributed by atoms with van der Waals surface area (Å²) < 4.78 is 5.41. The van der Waals surface area contributed by atoms with Crippen LogP contribution in [0.25, 0.3) is 11.5 Å². The lowest BCUT2D eigenvalue weighted by molar-refractivity contribution is 0.0983. The van der Waals surface area contributed by atoms with E-state index in [1.54, 1.807) is 24.2 Å². The molecule has 0 bridgehead atoms. The maximum Gasteiger partial charge on any atom is 0.270 e. The molecule has 10 heteroatoms. The Bertz CT molecular complexity index is 1180. The predicted octanol–water partition coefficient (Wildman–Crippen LogP) is 1.90. The average molecular weight is 419 g/mol. The van der Waals surface area contributed by atoms with Crippen molar-refractivity contribution in [3.05, 3.63) is 48.0 Å². The van der Waals surface area contributed by atoms with E-state index in [2.05, 4.69) is 25.2 Å². The summed E-state index contributed by atoms with van der Waals surface area (Å²) in [4.78, 5) is 41.8. The number of aromatic nitrogens is 3. The van der Waals surface area contributed by atoms with Crippen molar-refractivity contribution in [3.8, 4) is 11.5 Å². The molecule has 2 aromatic heterocycles. The Morgan fingerprint density at radius 2 is 2.19 bits per heavy atom. The molecule has 2 aliphatic heterocycles. The van der Waals surface area contributed by atoms with Gasteiger partial charge in [0.05, 0.1) is 0 Å². The van der Waals surface area contributed by atoms with Gasteiger partial charge in [-0.25, -0.2) is 9.97 Å². The molecular formula is C21H21N7O3. The number of carbonyl (C=O) groups excluding carboxylic acids is 2. The second kappa shape index (κ2) is 7.38. The SMILES string of the molecule is CNc1ncc2c(n1)N1CCCC1CN(c1cccc(-c3nc(C(N)=O)co3)c1)C2=O. The number of fused-ring (bicyclic) bond motifs is 3. The van der Waals surface area contributed by atoms with Crippen LogP contribution in [0.3, 0.4) is 0 Å². The van der Waals surface area contributed by atoms with Crippen molar-refractivity contribution in [2.75, 3.05) is 35.3 Å². The topological polar surface area (TPSA) is 130 Å². The van der Waals surface area contributed by atoms with Crippen LogP contribution >= 0.6 is 0 Å².